The molecule has 0 aliphatic carbocycles. The molecule has 16 heavy (non-hydrogen) atoms. The summed E-state index contributed by atoms with van der Waals surface area (Å²) < 4.78 is 30.5. The number of ether oxygens (including phenoxy) is 1. The molecule has 1 saturated heterocycles. The Bertz CT molecular complexity index is 290. The van der Waals surface area contributed by atoms with Crippen molar-refractivity contribution in [3.8, 4) is 0 Å². The van der Waals surface area contributed by atoms with Crippen molar-refractivity contribution in [3.63, 3.8) is 0 Å². The standard InChI is InChI=1S/C10H22N2O3S/c1-15-9-10-4-2-6-12(8-10)16(13,14)7-3-5-11/h10H,2-9,11H2,1H3. The molecule has 1 rings (SSSR count). The van der Waals surface area contributed by atoms with E-state index in [0.717, 1.165) is 12.8 Å². The van der Waals surface area contributed by atoms with Crippen LogP contribution in [0, 0.1) is 5.92 Å². The van der Waals surface area contributed by atoms with Gasteiger partial charge in [-0.15, -0.1) is 0 Å². The minimum Gasteiger partial charge on any atom is -0.384 e. The Balaban J connectivity index is 2.52. The average molecular weight is 250 g/mol. The topological polar surface area (TPSA) is 72.6 Å². The van der Waals surface area contributed by atoms with E-state index in [9.17, 15) is 8.42 Å². The van der Waals surface area contributed by atoms with Gasteiger partial charge in [0.1, 0.15) is 0 Å². The van der Waals surface area contributed by atoms with E-state index in [1.165, 1.54) is 0 Å². The summed E-state index contributed by atoms with van der Waals surface area (Å²) in [5.41, 5.74) is 5.34. The van der Waals surface area contributed by atoms with Crippen molar-refractivity contribution < 1.29 is 13.2 Å². The minimum atomic E-state index is -3.10. The molecule has 0 saturated carbocycles. The SMILES string of the molecule is COCC1CCCN(S(=O)(=O)CCCN)C1. The average Bonchev–Trinajstić information content (AvgIpc) is 2.27. The van der Waals surface area contributed by atoms with Crippen molar-refractivity contribution in [2.24, 2.45) is 11.7 Å². The zero-order chi connectivity index (χ0) is 12.0. The Morgan fingerprint density at radius 1 is 1.50 bits per heavy atom. The maximum Gasteiger partial charge on any atom is 0.214 e. The number of methoxy groups -OCH3 is 1. The molecule has 1 aliphatic heterocycles. The van der Waals surface area contributed by atoms with Crippen molar-refractivity contribution >= 4 is 10.0 Å². The monoisotopic (exact) mass is 250 g/mol. The van der Waals surface area contributed by atoms with Crippen molar-refractivity contribution in [2.45, 2.75) is 19.3 Å². The third kappa shape index (κ3) is 4.01. The lowest BCUT2D eigenvalue weighted by Gasteiger charge is -2.31. The zero-order valence-electron chi connectivity index (χ0n) is 9.89. The van der Waals surface area contributed by atoms with E-state index in [1.54, 1.807) is 11.4 Å². The van der Waals surface area contributed by atoms with E-state index in [4.69, 9.17) is 10.5 Å². The molecule has 1 atom stereocenters. The van der Waals surface area contributed by atoms with Crippen LogP contribution in [0.1, 0.15) is 19.3 Å². The van der Waals surface area contributed by atoms with Gasteiger partial charge in [0.2, 0.25) is 10.0 Å². The number of hydrogen-bond acceptors (Lipinski definition) is 4. The molecule has 0 aromatic heterocycles. The fourth-order valence-electron chi connectivity index (χ4n) is 2.05. The van der Waals surface area contributed by atoms with Crippen LogP contribution in [0.2, 0.25) is 0 Å². The Labute approximate surface area is 98.0 Å². The predicted molar refractivity (Wildman–Crippen MR) is 63.6 cm³/mol. The maximum atomic E-state index is 11.9. The highest BCUT2D eigenvalue weighted by atomic mass is 32.2. The highest BCUT2D eigenvalue weighted by Crippen LogP contribution is 2.19. The van der Waals surface area contributed by atoms with E-state index >= 15 is 0 Å². The van der Waals surface area contributed by atoms with Crippen LogP contribution in [0.5, 0.6) is 0 Å². The van der Waals surface area contributed by atoms with Gasteiger partial charge >= 0.3 is 0 Å². The van der Waals surface area contributed by atoms with Crippen molar-refractivity contribution in [1.29, 1.82) is 0 Å². The van der Waals surface area contributed by atoms with Crippen molar-refractivity contribution in [1.82, 2.24) is 4.31 Å². The molecule has 6 heteroatoms. The lowest BCUT2D eigenvalue weighted by molar-refractivity contribution is 0.118. The second-order valence-electron chi connectivity index (χ2n) is 4.28. The van der Waals surface area contributed by atoms with Crippen LogP contribution < -0.4 is 5.73 Å². The molecule has 2 N–H and O–H groups in total. The molecule has 1 aliphatic rings. The summed E-state index contributed by atoms with van der Waals surface area (Å²) in [6.45, 7) is 2.31. The highest BCUT2D eigenvalue weighted by molar-refractivity contribution is 7.89. The smallest absolute Gasteiger partial charge is 0.214 e. The Hall–Kier alpha value is -0.170. The van der Waals surface area contributed by atoms with Crippen LogP contribution in [-0.2, 0) is 14.8 Å². The molecule has 0 aromatic carbocycles. The number of nitrogens with zero attached hydrogens (tertiary/aromatic N) is 1. The first-order chi connectivity index (χ1) is 7.60. The van der Waals surface area contributed by atoms with Gasteiger partial charge in [0.05, 0.1) is 12.4 Å². The van der Waals surface area contributed by atoms with Gasteiger partial charge in [-0.1, -0.05) is 0 Å². The van der Waals surface area contributed by atoms with Crippen LogP contribution in [-0.4, -0.2) is 51.8 Å². The number of sulfonamides is 1. The number of piperidine rings is 1. The van der Waals surface area contributed by atoms with Gasteiger partial charge in [-0.2, -0.15) is 0 Å². The van der Waals surface area contributed by atoms with Gasteiger partial charge in [-0.05, 0) is 31.7 Å². The molecule has 5 nitrogen and oxygen atoms in total. The van der Waals surface area contributed by atoms with Crippen LogP contribution in [0.4, 0.5) is 0 Å². The fourth-order valence-corrected chi connectivity index (χ4v) is 3.68. The normalized spacial score (nSPS) is 23.5. The van der Waals surface area contributed by atoms with Crippen LogP contribution in [0.15, 0.2) is 0 Å². The molecule has 96 valence electrons. The fraction of sp³-hybridized carbons (Fsp3) is 1.00. The summed E-state index contributed by atoms with van der Waals surface area (Å²) >= 11 is 0. The Kier molecular flexibility index (Phi) is 5.68. The van der Waals surface area contributed by atoms with E-state index in [0.29, 0.717) is 38.6 Å². The largest absolute Gasteiger partial charge is 0.384 e. The molecular formula is C10H22N2O3S. The summed E-state index contributed by atoms with van der Waals surface area (Å²) in [7, 11) is -1.44. The second kappa shape index (κ2) is 6.54. The second-order valence-corrected chi connectivity index (χ2v) is 6.37. The van der Waals surface area contributed by atoms with E-state index in [2.05, 4.69) is 0 Å². The molecule has 0 radical (unpaired) electrons. The zero-order valence-corrected chi connectivity index (χ0v) is 10.7. The molecule has 0 bridgehead atoms. The first-order valence-corrected chi connectivity index (χ1v) is 7.38. The van der Waals surface area contributed by atoms with Crippen LogP contribution in [0.25, 0.3) is 0 Å². The van der Waals surface area contributed by atoms with Gasteiger partial charge in [-0.3, -0.25) is 0 Å². The molecule has 0 spiro atoms. The number of hydrogen-bond donors (Lipinski definition) is 1. The van der Waals surface area contributed by atoms with Crippen molar-refractivity contribution in [3.05, 3.63) is 0 Å². The molecule has 1 fully saturated rings. The molecule has 0 amide bonds. The van der Waals surface area contributed by atoms with Crippen molar-refractivity contribution in [2.75, 3.05) is 39.1 Å². The number of nitrogens with two attached hydrogens (primary N) is 1. The number of rotatable bonds is 6. The molecule has 1 heterocycles. The first kappa shape index (κ1) is 13.9. The van der Waals surface area contributed by atoms with Crippen LogP contribution in [0.3, 0.4) is 0 Å². The van der Waals surface area contributed by atoms with E-state index < -0.39 is 10.0 Å². The third-order valence-electron chi connectivity index (χ3n) is 2.88. The lowest BCUT2D eigenvalue weighted by Crippen LogP contribution is -2.42. The predicted octanol–water partition coefficient (Wildman–Crippen LogP) is 0.0234. The Morgan fingerprint density at radius 2 is 2.25 bits per heavy atom. The third-order valence-corrected chi connectivity index (χ3v) is 4.81. The van der Waals surface area contributed by atoms with E-state index in [-0.39, 0.29) is 5.75 Å². The van der Waals surface area contributed by atoms with Gasteiger partial charge in [0.15, 0.2) is 0 Å². The molecule has 0 aromatic rings. The van der Waals surface area contributed by atoms with Gasteiger partial charge in [0, 0.05) is 20.2 Å². The lowest BCUT2D eigenvalue weighted by atomic mass is 10.0. The molecule has 1 unspecified atom stereocenters. The summed E-state index contributed by atoms with van der Waals surface area (Å²) in [6, 6.07) is 0. The first-order valence-electron chi connectivity index (χ1n) is 5.77. The Morgan fingerprint density at radius 3 is 2.88 bits per heavy atom. The maximum absolute atomic E-state index is 11.9. The summed E-state index contributed by atoms with van der Waals surface area (Å²) in [5.74, 6) is 0.509. The van der Waals surface area contributed by atoms with Gasteiger partial charge in [0.25, 0.3) is 0 Å². The minimum absolute atomic E-state index is 0.170. The van der Waals surface area contributed by atoms with Gasteiger partial charge < -0.3 is 10.5 Å². The highest BCUT2D eigenvalue weighted by Gasteiger charge is 2.28. The summed E-state index contributed by atoms with van der Waals surface area (Å²) in [5, 5.41) is 0. The summed E-state index contributed by atoms with van der Waals surface area (Å²) in [6.07, 6.45) is 2.51. The van der Waals surface area contributed by atoms with E-state index in [1.807, 2.05) is 0 Å². The molecular weight excluding hydrogens is 228 g/mol. The van der Waals surface area contributed by atoms with Crippen LogP contribution >= 0.6 is 0 Å². The quantitative estimate of drug-likeness (QED) is 0.721. The summed E-state index contributed by atoms with van der Waals surface area (Å²) in [4.78, 5) is 0. The van der Waals surface area contributed by atoms with Gasteiger partial charge in [-0.25, -0.2) is 12.7 Å².